The first-order valence-electron chi connectivity index (χ1n) is 7.76. The first-order chi connectivity index (χ1) is 11.4. The minimum atomic E-state index is -4.18. The van der Waals surface area contributed by atoms with Gasteiger partial charge in [0.2, 0.25) is 0 Å². The third kappa shape index (κ3) is 8.05. The summed E-state index contributed by atoms with van der Waals surface area (Å²) in [5, 5.41) is 6.12. The first-order valence-corrected chi connectivity index (χ1v) is 7.76. The van der Waals surface area contributed by atoms with Gasteiger partial charge < -0.3 is 15.4 Å². The van der Waals surface area contributed by atoms with Crippen molar-refractivity contribution in [3.8, 4) is 5.75 Å². The molecule has 5 nitrogen and oxygen atoms in total. The van der Waals surface area contributed by atoms with Gasteiger partial charge in [-0.3, -0.25) is 9.89 Å². The molecule has 0 amide bonds. The van der Waals surface area contributed by atoms with Crippen LogP contribution >= 0.6 is 0 Å². The Hall–Kier alpha value is -1.96. The monoisotopic (exact) mass is 346 g/mol. The molecule has 24 heavy (non-hydrogen) atoms. The summed E-state index contributed by atoms with van der Waals surface area (Å²) in [6, 6.07) is 7.66. The summed E-state index contributed by atoms with van der Waals surface area (Å²) in [5.41, 5.74) is 0.983. The van der Waals surface area contributed by atoms with Crippen LogP contribution in [0.1, 0.15) is 12.5 Å². The highest BCUT2D eigenvalue weighted by atomic mass is 19.4. The Bertz CT molecular complexity index is 520. The molecular weight excluding hydrogens is 321 g/mol. The number of nitrogens with one attached hydrogen (secondary N) is 2. The normalized spacial score (nSPS) is 12.4. The van der Waals surface area contributed by atoms with Gasteiger partial charge >= 0.3 is 6.18 Å². The van der Waals surface area contributed by atoms with Gasteiger partial charge in [-0.2, -0.15) is 13.2 Å². The highest BCUT2D eigenvalue weighted by Crippen LogP contribution is 2.17. The van der Waals surface area contributed by atoms with Gasteiger partial charge in [0.25, 0.3) is 0 Å². The minimum absolute atomic E-state index is 0.260. The lowest BCUT2D eigenvalue weighted by Crippen LogP contribution is -2.42. The van der Waals surface area contributed by atoms with Crippen LogP contribution in [0.2, 0.25) is 0 Å². The number of hydrogen-bond donors (Lipinski definition) is 2. The fourth-order valence-corrected chi connectivity index (χ4v) is 2.10. The van der Waals surface area contributed by atoms with E-state index in [1.54, 1.807) is 7.05 Å². The maximum Gasteiger partial charge on any atom is 0.401 e. The van der Waals surface area contributed by atoms with Crippen LogP contribution in [0.15, 0.2) is 29.3 Å². The van der Waals surface area contributed by atoms with Crippen molar-refractivity contribution in [3.63, 3.8) is 0 Å². The van der Waals surface area contributed by atoms with Crippen LogP contribution in [0.4, 0.5) is 13.2 Å². The fraction of sp³-hybridized carbons (Fsp3) is 0.562. The minimum Gasteiger partial charge on any atom is -0.494 e. The summed E-state index contributed by atoms with van der Waals surface area (Å²) in [4.78, 5) is 5.28. The van der Waals surface area contributed by atoms with Crippen LogP contribution < -0.4 is 15.4 Å². The van der Waals surface area contributed by atoms with Gasteiger partial charge in [-0.1, -0.05) is 18.2 Å². The van der Waals surface area contributed by atoms with Crippen LogP contribution in [-0.4, -0.2) is 57.4 Å². The van der Waals surface area contributed by atoms with E-state index >= 15 is 0 Å². The molecule has 0 aliphatic carbocycles. The SMILES string of the molecule is CCOc1ccccc1CNC(=NC)NCCN(C)CC(F)(F)F. The number of rotatable bonds is 8. The van der Waals surface area contributed by atoms with Crippen molar-refractivity contribution < 1.29 is 17.9 Å². The van der Waals surface area contributed by atoms with Gasteiger partial charge in [-0.25, -0.2) is 0 Å². The molecule has 0 saturated heterocycles. The number of nitrogens with zero attached hydrogens (tertiary/aromatic N) is 2. The molecule has 136 valence electrons. The second-order valence-corrected chi connectivity index (χ2v) is 5.25. The zero-order valence-corrected chi connectivity index (χ0v) is 14.3. The second-order valence-electron chi connectivity index (χ2n) is 5.25. The smallest absolute Gasteiger partial charge is 0.401 e. The highest BCUT2D eigenvalue weighted by molar-refractivity contribution is 5.79. The van der Waals surface area contributed by atoms with E-state index < -0.39 is 12.7 Å². The van der Waals surface area contributed by atoms with E-state index in [9.17, 15) is 13.2 Å². The molecule has 0 spiro atoms. The summed E-state index contributed by atoms with van der Waals surface area (Å²) < 4.78 is 42.3. The molecule has 1 aromatic rings. The van der Waals surface area contributed by atoms with Crippen LogP contribution in [0.3, 0.4) is 0 Å². The van der Waals surface area contributed by atoms with Crippen molar-refractivity contribution in [2.45, 2.75) is 19.6 Å². The number of para-hydroxylation sites is 1. The van der Waals surface area contributed by atoms with Gasteiger partial charge in [-0.05, 0) is 20.0 Å². The van der Waals surface area contributed by atoms with Crippen molar-refractivity contribution in [1.29, 1.82) is 0 Å². The van der Waals surface area contributed by atoms with Crippen molar-refractivity contribution in [3.05, 3.63) is 29.8 Å². The third-order valence-corrected chi connectivity index (χ3v) is 3.18. The Morgan fingerprint density at radius 2 is 1.96 bits per heavy atom. The number of benzene rings is 1. The molecule has 0 bridgehead atoms. The summed E-state index contributed by atoms with van der Waals surface area (Å²) in [6.45, 7) is 2.70. The molecule has 8 heteroatoms. The second kappa shape index (κ2) is 10.0. The van der Waals surface area contributed by atoms with Crippen LogP contribution in [0.5, 0.6) is 5.75 Å². The van der Waals surface area contributed by atoms with E-state index in [0.29, 0.717) is 25.7 Å². The quantitative estimate of drug-likeness (QED) is 0.560. The van der Waals surface area contributed by atoms with Gasteiger partial charge in [0.1, 0.15) is 5.75 Å². The Morgan fingerprint density at radius 3 is 2.58 bits per heavy atom. The number of likely N-dealkylation sites (N-methyl/N-ethyl adjacent to an activating group) is 1. The molecule has 0 atom stereocenters. The third-order valence-electron chi connectivity index (χ3n) is 3.18. The number of aliphatic imine (C=N–C) groups is 1. The van der Waals surface area contributed by atoms with Crippen LogP contribution in [-0.2, 0) is 6.54 Å². The average molecular weight is 346 g/mol. The van der Waals surface area contributed by atoms with Crippen molar-refractivity contribution in [2.24, 2.45) is 4.99 Å². The number of alkyl halides is 3. The Morgan fingerprint density at radius 1 is 1.25 bits per heavy atom. The maximum absolute atomic E-state index is 12.3. The lowest BCUT2D eigenvalue weighted by molar-refractivity contribution is -0.142. The predicted molar refractivity (Wildman–Crippen MR) is 89.4 cm³/mol. The van der Waals surface area contributed by atoms with E-state index in [1.807, 2.05) is 31.2 Å². The largest absolute Gasteiger partial charge is 0.494 e. The van der Waals surface area contributed by atoms with E-state index in [2.05, 4.69) is 15.6 Å². The Labute approximate surface area is 140 Å². The molecule has 0 aromatic heterocycles. The van der Waals surface area contributed by atoms with Gasteiger partial charge in [0.05, 0.1) is 13.2 Å². The zero-order valence-electron chi connectivity index (χ0n) is 14.3. The van der Waals surface area contributed by atoms with E-state index in [0.717, 1.165) is 11.3 Å². The standard InChI is InChI=1S/C16H25F3N4O/c1-4-24-14-8-6-5-7-13(14)11-22-15(20-2)21-9-10-23(3)12-16(17,18)19/h5-8H,4,9-12H2,1-3H3,(H2,20,21,22). The van der Waals surface area contributed by atoms with Crippen molar-refractivity contribution in [2.75, 3.05) is 40.3 Å². The van der Waals surface area contributed by atoms with Gasteiger partial charge in [-0.15, -0.1) is 0 Å². The van der Waals surface area contributed by atoms with Crippen molar-refractivity contribution >= 4 is 5.96 Å². The summed E-state index contributed by atoms with van der Waals surface area (Å²) in [6.07, 6.45) is -4.18. The Kier molecular flexibility index (Phi) is 8.39. The Balaban J connectivity index is 2.41. The molecule has 1 rings (SSSR count). The fourth-order valence-electron chi connectivity index (χ4n) is 2.10. The van der Waals surface area contributed by atoms with Crippen molar-refractivity contribution in [1.82, 2.24) is 15.5 Å². The highest BCUT2D eigenvalue weighted by Gasteiger charge is 2.28. The molecule has 0 heterocycles. The molecular formula is C16H25F3N4O. The molecule has 2 N–H and O–H groups in total. The molecule has 0 saturated carbocycles. The van der Waals surface area contributed by atoms with Crippen LogP contribution in [0.25, 0.3) is 0 Å². The lowest BCUT2D eigenvalue weighted by atomic mass is 10.2. The molecule has 1 aromatic carbocycles. The van der Waals surface area contributed by atoms with Gasteiger partial charge in [0.15, 0.2) is 5.96 Å². The molecule has 0 aliphatic heterocycles. The van der Waals surface area contributed by atoms with Gasteiger partial charge in [0, 0.05) is 32.2 Å². The number of ether oxygens (including phenoxy) is 1. The molecule has 0 unspecified atom stereocenters. The number of hydrogen-bond acceptors (Lipinski definition) is 3. The maximum atomic E-state index is 12.3. The topological polar surface area (TPSA) is 48.9 Å². The average Bonchev–Trinajstić information content (AvgIpc) is 2.50. The molecule has 0 radical (unpaired) electrons. The lowest BCUT2D eigenvalue weighted by Gasteiger charge is -2.19. The zero-order chi connectivity index (χ0) is 18.0. The molecule has 0 aliphatic rings. The van der Waals surface area contributed by atoms with E-state index in [4.69, 9.17) is 4.74 Å². The summed E-state index contributed by atoms with van der Waals surface area (Å²) in [5.74, 6) is 1.33. The molecule has 0 fully saturated rings. The summed E-state index contributed by atoms with van der Waals surface area (Å²) >= 11 is 0. The van der Waals surface area contributed by atoms with Crippen LogP contribution in [0, 0.1) is 0 Å². The first kappa shape index (κ1) is 20.1. The summed E-state index contributed by atoms with van der Waals surface area (Å²) in [7, 11) is 3.05. The van der Waals surface area contributed by atoms with E-state index in [-0.39, 0.29) is 6.54 Å². The predicted octanol–water partition coefficient (Wildman–Crippen LogP) is 2.24. The number of guanidine groups is 1. The number of halogens is 3. The van der Waals surface area contributed by atoms with E-state index in [1.165, 1.54) is 11.9 Å².